The summed E-state index contributed by atoms with van der Waals surface area (Å²) in [7, 11) is 0. The van der Waals surface area contributed by atoms with Crippen LogP contribution < -0.4 is 10.1 Å². The number of hydrogen-bond acceptors (Lipinski definition) is 4. The van der Waals surface area contributed by atoms with Crippen molar-refractivity contribution in [3.05, 3.63) is 24.1 Å². The number of nitrogens with one attached hydrogen (secondary N) is 1. The van der Waals surface area contributed by atoms with Crippen molar-refractivity contribution in [1.29, 1.82) is 0 Å². The molecule has 0 atom stereocenters. The van der Waals surface area contributed by atoms with Crippen LogP contribution in [0.3, 0.4) is 0 Å². The third-order valence-corrected chi connectivity index (χ3v) is 3.94. The van der Waals surface area contributed by atoms with E-state index in [1.807, 2.05) is 0 Å². The quantitative estimate of drug-likeness (QED) is 0.932. The summed E-state index contributed by atoms with van der Waals surface area (Å²) in [4.78, 5) is 16.0. The van der Waals surface area contributed by atoms with Crippen molar-refractivity contribution in [3.63, 3.8) is 0 Å². The van der Waals surface area contributed by atoms with E-state index in [9.17, 15) is 4.79 Å². The average Bonchev–Trinajstić information content (AvgIpc) is 2.85. The molecule has 1 amide bonds. The molecule has 0 bridgehead atoms. The van der Waals surface area contributed by atoms with Gasteiger partial charge in [-0.1, -0.05) is 19.3 Å². The summed E-state index contributed by atoms with van der Waals surface area (Å²) in [6, 6.07) is 5.20. The van der Waals surface area contributed by atoms with Gasteiger partial charge in [0, 0.05) is 19.5 Å². The Labute approximate surface area is 123 Å². The van der Waals surface area contributed by atoms with Crippen LogP contribution in [-0.4, -0.2) is 17.6 Å². The molecule has 1 aromatic heterocycles. The molecule has 1 saturated carbocycles. The number of aryl methyl sites for hydroxylation is 1. The Morgan fingerprint density at radius 3 is 3.00 bits per heavy atom. The van der Waals surface area contributed by atoms with Crippen molar-refractivity contribution < 1.29 is 13.9 Å². The first kappa shape index (κ1) is 13.9. The lowest BCUT2D eigenvalue weighted by Gasteiger charge is -2.21. The van der Waals surface area contributed by atoms with E-state index in [2.05, 4.69) is 10.3 Å². The lowest BCUT2D eigenvalue weighted by Crippen LogP contribution is -2.32. The van der Waals surface area contributed by atoms with Crippen molar-refractivity contribution in [2.45, 2.75) is 39.0 Å². The molecule has 112 valence electrons. The third kappa shape index (κ3) is 3.54. The highest BCUT2D eigenvalue weighted by Crippen LogP contribution is 2.23. The molecule has 1 fully saturated rings. The normalized spacial score (nSPS) is 16.0. The van der Waals surface area contributed by atoms with E-state index in [1.54, 1.807) is 25.1 Å². The van der Waals surface area contributed by atoms with E-state index >= 15 is 0 Å². The van der Waals surface area contributed by atoms with Gasteiger partial charge in [0.25, 0.3) is 0 Å². The largest absolute Gasteiger partial charge is 0.441 e. The van der Waals surface area contributed by atoms with Gasteiger partial charge in [-0.05, 0) is 30.9 Å². The van der Waals surface area contributed by atoms with Gasteiger partial charge in [0.1, 0.15) is 11.3 Å². The average molecular weight is 288 g/mol. The van der Waals surface area contributed by atoms with Crippen molar-refractivity contribution in [3.8, 4) is 5.75 Å². The maximum atomic E-state index is 11.8. The maximum absolute atomic E-state index is 11.8. The van der Waals surface area contributed by atoms with Crippen LogP contribution in [0.1, 0.15) is 38.0 Å². The number of nitrogens with zero attached hydrogens (tertiary/aromatic N) is 1. The van der Waals surface area contributed by atoms with Crippen LogP contribution in [0.5, 0.6) is 5.75 Å². The molecule has 0 unspecified atom stereocenters. The van der Waals surface area contributed by atoms with Gasteiger partial charge in [0.05, 0.1) is 0 Å². The molecule has 1 aromatic carbocycles. The highest BCUT2D eigenvalue weighted by Gasteiger charge is 2.15. The van der Waals surface area contributed by atoms with E-state index in [4.69, 9.17) is 9.15 Å². The molecule has 5 heteroatoms. The molecule has 0 radical (unpaired) electrons. The van der Waals surface area contributed by atoms with Crippen LogP contribution in [0.15, 0.2) is 22.6 Å². The number of carbonyl (C=O) groups excluding carboxylic acids is 1. The molecule has 21 heavy (non-hydrogen) atoms. The van der Waals surface area contributed by atoms with Crippen LogP contribution in [0.2, 0.25) is 0 Å². The summed E-state index contributed by atoms with van der Waals surface area (Å²) in [5, 5.41) is 2.85. The number of aromatic nitrogens is 1. The van der Waals surface area contributed by atoms with E-state index in [0.29, 0.717) is 29.7 Å². The number of ether oxygens (including phenoxy) is 1. The SMILES string of the molecule is Cc1nc2ccc(OC(=O)NCC3CCCCC3)cc2o1. The maximum Gasteiger partial charge on any atom is 0.412 e. The van der Waals surface area contributed by atoms with E-state index in [1.165, 1.54) is 32.1 Å². The summed E-state index contributed by atoms with van der Waals surface area (Å²) < 4.78 is 10.7. The molecule has 1 N–H and O–H groups in total. The summed E-state index contributed by atoms with van der Waals surface area (Å²) in [5.74, 6) is 1.66. The number of fused-ring (bicyclic) bond motifs is 1. The highest BCUT2D eigenvalue weighted by molar-refractivity contribution is 5.77. The van der Waals surface area contributed by atoms with Crippen molar-refractivity contribution in [1.82, 2.24) is 10.3 Å². The van der Waals surface area contributed by atoms with Crippen molar-refractivity contribution in [2.75, 3.05) is 6.54 Å². The Morgan fingerprint density at radius 2 is 2.19 bits per heavy atom. The monoisotopic (exact) mass is 288 g/mol. The fourth-order valence-electron chi connectivity index (χ4n) is 2.85. The minimum atomic E-state index is -0.406. The zero-order valence-electron chi connectivity index (χ0n) is 12.2. The number of carbonyl (C=O) groups is 1. The van der Waals surface area contributed by atoms with Crippen molar-refractivity contribution in [2.24, 2.45) is 5.92 Å². The predicted molar refractivity (Wildman–Crippen MR) is 79.3 cm³/mol. The first-order valence-electron chi connectivity index (χ1n) is 7.53. The van der Waals surface area contributed by atoms with Gasteiger partial charge < -0.3 is 14.5 Å². The molecule has 3 rings (SSSR count). The summed E-state index contributed by atoms with van der Waals surface area (Å²) in [6.07, 6.45) is 5.84. The summed E-state index contributed by atoms with van der Waals surface area (Å²) >= 11 is 0. The smallest absolute Gasteiger partial charge is 0.412 e. The fourth-order valence-corrected chi connectivity index (χ4v) is 2.85. The molecule has 0 spiro atoms. The minimum Gasteiger partial charge on any atom is -0.441 e. The third-order valence-electron chi connectivity index (χ3n) is 3.94. The highest BCUT2D eigenvalue weighted by atomic mass is 16.6. The van der Waals surface area contributed by atoms with Gasteiger partial charge in [-0.2, -0.15) is 0 Å². The topological polar surface area (TPSA) is 64.4 Å². The van der Waals surface area contributed by atoms with Gasteiger partial charge >= 0.3 is 6.09 Å². The number of amides is 1. The molecule has 0 saturated heterocycles. The predicted octanol–water partition coefficient (Wildman–Crippen LogP) is 3.80. The van der Waals surface area contributed by atoms with Gasteiger partial charge in [-0.3, -0.25) is 0 Å². The molecular formula is C16H20N2O3. The minimum absolute atomic E-state index is 0.406. The van der Waals surface area contributed by atoms with E-state index < -0.39 is 6.09 Å². The van der Waals surface area contributed by atoms with E-state index in [-0.39, 0.29) is 0 Å². The number of oxazole rings is 1. The standard InChI is InChI=1S/C16H20N2O3/c1-11-18-14-8-7-13(9-15(14)20-11)21-16(19)17-10-12-5-3-2-4-6-12/h7-9,12H,2-6,10H2,1H3,(H,17,19). The van der Waals surface area contributed by atoms with Gasteiger partial charge in [-0.15, -0.1) is 0 Å². The van der Waals surface area contributed by atoms with Crippen LogP contribution in [-0.2, 0) is 0 Å². The first-order valence-corrected chi connectivity index (χ1v) is 7.53. The fraction of sp³-hybridized carbons (Fsp3) is 0.500. The van der Waals surface area contributed by atoms with Crippen LogP contribution in [0, 0.1) is 12.8 Å². The zero-order chi connectivity index (χ0) is 14.7. The molecule has 5 nitrogen and oxygen atoms in total. The summed E-state index contributed by atoms with van der Waals surface area (Å²) in [6.45, 7) is 2.49. The zero-order valence-corrected chi connectivity index (χ0v) is 12.2. The van der Waals surface area contributed by atoms with Gasteiger partial charge in [0.15, 0.2) is 11.5 Å². The second-order valence-electron chi connectivity index (χ2n) is 5.64. The molecule has 1 aliphatic rings. The first-order chi connectivity index (χ1) is 10.2. The van der Waals surface area contributed by atoms with Gasteiger partial charge in [-0.25, -0.2) is 9.78 Å². The van der Waals surface area contributed by atoms with Crippen LogP contribution >= 0.6 is 0 Å². The Kier molecular flexibility index (Phi) is 4.08. The Balaban J connectivity index is 1.55. The molecule has 2 aromatic rings. The number of rotatable bonds is 3. The molecule has 1 heterocycles. The second-order valence-corrected chi connectivity index (χ2v) is 5.64. The van der Waals surface area contributed by atoms with Crippen molar-refractivity contribution >= 4 is 17.2 Å². The Bertz CT molecular complexity index is 629. The lowest BCUT2D eigenvalue weighted by molar-refractivity contribution is 0.196. The Hall–Kier alpha value is -2.04. The number of benzene rings is 1. The molecule has 0 aliphatic heterocycles. The lowest BCUT2D eigenvalue weighted by atomic mass is 9.89. The molecule has 1 aliphatic carbocycles. The molecular weight excluding hydrogens is 268 g/mol. The van der Waals surface area contributed by atoms with Crippen LogP contribution in [0.4, 0.5) is 4.79 Å². The van der Waals surface area contributed by atoms with E-state index in [0.717, 1.165) is 5.52 Å². The van der Waals surface area contributed by atoms with Gasteiger partial charge in [0.2, 0.25) is 0 Å². The Morgan fingerprint density at radius 1 is 1.38 bits per heavy atom. The number of hydrogen-bond donors (Lipinski definition) is 1. The summed E-state index contributed by atoms with van der Waals surface area (Å²) in [5.41, 5.74) is 1.40. The van der Waals surface area contributed by atoms with Crippen LogP contribution in [0.25, 0.3) is 11.1 Å². The second kappa shape index (κ2) is 6.16.